The minimum Gasteiger partial charge on any atom is -0.497 e. The van der Waals surface area contributed by atoms with Gasteiger partial charge in [0.1, 0.15) is 5.75 Å². The Kier molecular flexibility index (Phi) is 6.84. The van der Waals surface area contributed by atoms with E-state index in [1.165, 1.54) is 4.88 Å². The molecule has 1 saturated heterocycles. The van der Waals surface area contributed by atoms with Crippen LogP contribution in [0.3, 0.4) is 0 Å². The minimum atomic E-state index is -0.654. The highest BCUT2D eigenvalue weighted by molar-refractivity contribution is 7.09. The fourth-order valence-electron chi connectivity index (χ4n) is 3.18. The number of piperidine rings is 1. The second-order valence-electron chi connectivity index (χ2n) is 6.69. The lowest BCUT2D eigenvalue weighted by Gasteiger charge is -2.31. The fourth-order valence-corrected chi connectivity index (χ4v) is 3.92. The highest BCUT2D eigenvalue weighted by Crippen LogP contribution is 2.20. The number of methoxy groups -OCH3 is 1. The first kappa shape index (κ1) is 19.4. The summed E-state index contributed by atoms with van der Waals surface area (Å²) in [6, 6.07) is 11.2. The Morgan fingerprint density at radius 2 is 2.00 bits per heavy atom. The first-order valence-corrected chi connectivity index (χ1v) is 10.00. The smallest absolute Gasteiger partial charge is 0.313 e. The number of nitrogens with zero attached hydrogens (tertiary/aromatic N) is 1. The van der Waals surface area contributed by atoms with Crippen LogP contribution in [-0.2, 0) is 16.1 Å². The third-order valence-electron chi connectivity index (χ3n) is 4.75. The van der Waals surface area contributed by atoms with E-state index in [4.69, 9.17) is 4.74 Å². The summed E-state index contributed by atoms with van der Waals surface area (Å²) in [4.78, 5) is 27.9. The first-order valence-electron chi connectivity index (χ1n) is 9.12. The van der Waals surface area contributed by atoms with Crippen molar-refractivity contribution in [2.75, 3.05) is 32.1 Å². The molecule has 0 atom stereocenters. The van der Waals surface area contributed by atoms with Gasteiger partial charge in [-0.3, -0.25) is 14.5 Å². The van der Waals surface area contributed by atoms with E-state index in [1.54, 1.807) is 42.7 Å². The molecule has 3 rings (SSSR count). The van der Waals surface area contributed by atoms with Crippen molar-refractivity contribution in [3.63, 3.8) is 0 Å². The van der Waals surface area contributed by atoms with Gasteiger partial charge in [0.05, 0.1) is 7.11 Å². The van der Waals surface area contributed by atoms with Crippen LogP contribution in [0.1, 0.15) is 17.7 Å². The van der Waals surface area contributed by atoms with E-state index in [9.17, 15) is 9.59 Å². The normalized spacial score (nSPS) is 15.3. The summed E-state index contributed by atoms with van der Waals surface area (Å²) in [6.07, 6.45) is 2.06. The second kappa shape index (κ2) is 9.53. The average Bonchev–Trinajstić information content (AvgIpc) is 3.20. The predicted molar refractivity (Wildman–Crippen MR) is 107 cm³/mol. The van der Waals surface area contributed by atoms with E-state index in [-0.39, 0.29) is 0 Å². The second-order valence-corrected chi connectivity index (χ2v) is 7.73. The van der Waals surface area contributed by atoms with Crippen LogP contribution >= 0.6 is 11.3 Å². The van der Waals surface area contributed by atoms with Crippen molar-refractivity contribution in [3.05, 3.63) is 46.7 Å². The number of carbonyl (C=O) groups excluding carboxylic acids is 2. The maximum absolute atomic E-state index is 12.1. The Bertz CT molecular complexity index is 756. The van der Waals surface area contributed by atoms with Crippen LogP contribution in [-0.4, -0.2) is 43.5 Å². The van der Waals surface area contributed by atoms with Gasteiger partial charge in [-0.05, 0) is 55.4 Å². The molecule has 2 amide bonds. The molecule has 2 aromatic rings. The summed E-state index contributed by atoms with van der Waals surface area (Å²) in [5.74, 6) is -0.210. The average molecular weight is 388 g/mol. The Morgan fingerprint density at radius 3 is 2.70 bits per heavy atom. The molecule has 0 bridgehead atoms. The van der Waals surface area contributed by atoms with Gasteiger partial charge in [-0.2, -0.15) is 0 Å². The maximum Gasteiger partial charge on any atom is 0.313 e. The number of ether oxygens (including phenoxy) is 1. The molecule has 0 saturated carbocycles. The molecular weight excluding hydrogens is 362 g/mol. The van der Waals surface area contributed by atoms with Crippen molar-refractivity contribution < 1.29 is 14.3 Å². The Hall–Kier alpha value is -2.38. The lowest BCUT2D eigenvalue weighted by atomic mass is 9.97. The van der Waals surface area contributed by atoms with Crippen molar-refractivity contribution in [1.29, 1.82) is 0 Å². The van der Waals surface area contributed by atoms with Gasteiger partial charge in [0.15, 0.2) is 0 Å². The number of carbonyl (C=O) groups is 2. The molecule has 0 unspecified atom stereocenters. The third kappa shape index (κ3) is 5.80. The summed E-state index contributed by atoms with van der Waals surface area (Å²) in [6.45, 7) is 3.58. The van der Waals surface area contributed by atoms with Gasteiger partial charge < -0.3 is 15.4 Å². The monoisotopic (exact) mass is 387 g/mol. The van der Waals surface area contributed by atoms with Gasteiger partial charge in [0.25, 0.3) is 0 Å². The van der Waals surface area contributed by atoms with Crippen molar-refractivity contribution in [3.8, 4) is 5.75 Å². The number of rotatable bonds is 6. The number of likely N-dealkylation sites (tertiary alicyclic amines) is 1. The molecule has 1 aromatic carbocycles. The topological polar surface area (TPSA) is 70.7 Å². The summed E-state index contributed by atoms with van der Waals surface area (Å²) in [5.41, 5.74) is 0.538. The lowest BCUT2D eigenvalue weighted by Crippen LogP contribution is -2.41. The minimum absolute atomic E-state index is 0.415. The van der Waals surface area contributed by atoms with Gasteiger partial charge in [0, 0.05) is 29.7 Å². The van der Waals surface area contributed by atoms with Gasteiger partial charge in [0.2, 0.25) is 0 Å². The number of amides is 2. The number of anilines is 1. The van der Waals surface area contributed by atoms with Gasteiger partial charge in [-0.15, -0.1) is 11.3 Å². The van der Waals surface area contributed by atoms with Gasteiger partial charge in [-0.25, -0.2) is 0 Å². The quantitative estimate of drug-likeness (QED) is 0.748. The number of hydrogen-bond donors (Lipinski definition) is 2. The molecule has 6 nitrogen and oxygen atoms in total. The fraction of sp³-hybridized carbons (Fsp3) is 0.400. The number of thiophene rings is 1. The number of benzene rings is 1. The van der Waals surface area contributed by atoms with Crippen LogP contribution in [0, 0.1) is 5.92 Å². The zero-order valence-corrected chi connectivity index (χ0v) is 16.3. The van der Waals surface area contributed by atoms with Crippen LogP contribution < -0.4 is 15.4 Å². The van der Waals surface area contributed by atoms with E-state index >= 15 is 0 Å². The van der Waals surface area contributed by atoms with Crippen molar-refractivity contribution in [2.24, 2.45) is 5.92 Å². The molecule has 1 fully saturated rings. The molecule has 7 heteroatoms. The molecular formula is C20H25N3O3S. The van der Waals surface area contributed by atoms with Gasteiger partial charge >= 0.3 is 11.8 Å². The Labute approximate surface area is 163 Å². The standard InChI is InChI=1S/C20H25N3O3S/c1-26-17-5-2-4-16(12-17)22-20(25)19(24)21-13-15-7-9-23(10-8-15)14-18-6-3-11-27-18/h2-6,11-12,15H,7-10,13-14H2,1H3,(H,21,24)(H,22,25). The van der Waals surface area contributed by atoms with E-state index in [1.807, 2.05) is 0 Å². The highest BCUT2D eigenvalue weighted by atomic mass is 32.1. The van der Waals surface area contributed by atoms with E-state index in [0.717, 1.165) is 32.5 Å². The first-order chi connectivity index (χ1) is 13.1. The summed E-state index contributed by atoms with van der Waals surface area (Å²) < 4.78 is 5.11. The van der Waals surface area contributed by atoms with Crippen LogP contribution in [0.15, 0.2) is 41.8 Å². The molecule has 1 aliphatic rings. The molecule has 2 N–H and O–H groups in total. The third-order valence-corrected chi connectivity index (χ3v) is 5.61. The molecule has 1 aromatic heterocycles. The zero-order chi connectivity index (χ0) is 19.1. The largest absolute Gasteiger partial charge is 0.497 e. The highest BCUT2D eigenvalue weighted by Gasteiger charge is 2.21. The maximum atomic E-state index is 12.1. The van der Waals surface area contributed by atoms with Crippen molar-refractivity contribution in [1.82, 2.24) is 10.2 Å². The zero-order valence-electron chi connectivity index (χ0n) is 15.4. The molecule has 144 valence electrons. The van der Waals surface area contributed by atoms with Crippen LogP contribution in [0.25, 0.3) is 0 Å². The van der Waals surface area contributed by atoms with Gasteiger partial charge in [-0.1, -0.05) is 12.1 Å². The SMILES string of the molecule is COc1cccc(NC(=O)C(=O)NCC2CCN(Cc3cccs3)CC2)c1. The summed E-state index contributed by atoms with van der Waals surface area (Å²) in [5, 5.41) is 7.47. The van der Waals surface area contributed by atoms with Crippen LogP contribution in [0.5, 0.6) is 5.75 Å². The van der Waals surface area contributed by atoms with E-state index < -0.39 is 11.8 Å². The van der Waals surface area contributed by atoms with E-state index in [0.29, 0.717) is 23.9 Å². The molecule has 0 aliphatic carbocycles. The predicted octanol–water partition coefficient (Wildman–Crippen LogP) is 2.72. The Balaban J connectivity index is 1.38. The number of hydrogen-bond acceptors (Lipinski definition) is 5. The van der Waals surface area contributed by atoms with Crippen LogP contribution in [0.2, 0.25) is 0 Å². The Morgan fingerprint density at radius 1 is 1.19 bits per heavy atom. The molecule has 27 heavy (non-hydrogen) atoms. The van der Waals surface area contributed by atoms with Crippen LogP contribution in [0.4, 0.5) is 5.69 Å². The molecule has 0 radical (unpaired) electrons. The summed E-state index contributed by atoms with van der Waals surface area (Å²) in [7, 11) is 1.55. The van der Waals surface area contributed by atoms with E-state index in [2.05, 4.69) is 33.0 Å². The molecule has 2 heterocycles. The summed E-state index contributed by atoms with van der Waals surface area (Å²) >= 11 is 1.79. The van der Waals surface area contributed by atoms with Crippen molar-refractivity contribution >= 4 is 28.8 Å². The number of nitrogens with one attached hydrogen (secondary N) is 2. The molecule has 1 aliphatic heterocycles. The molecule has 0 spiro atoms. The lowest BCUT2D eigenvalue weighted by molar-refractivity contribution is -0.136. The van der Waals surface area contributed by atoms with Crippen molar-refractivity contribution in [2.45, 2.75) is 19.4 Å².